The fraction of sp³-hybridized carbons (Fsp3) is 0.333. The van der Waals surface area contributed by atoms with Gasteiger partial charge >= 0.3 is 5.97 Å². The first-order valence-electron chi connectivity index (χ1n) is 12.3. The minimum Gasteiger partial charge on any atom is -0.465 e. The predicted molar refractivity (Wildman–Crippen MR) is 137 cm³/mol. The van der Waals surface area contributed by atoms with Gasteiger partial charge in [0.25, 0.3) is 0 Å². The molecule has 0 spiro atoms. The Bertz CT molecular complexity index is 1380. The average molecular weight is 454 g/mol. The van der Waals surface area contributed by atoms with Crippen LogP contribution >= 0.6 is 0 Å². The van der Waals surface area contributed by atoms with Crippen molar-refractivity contribution >= 4 is 33.4 Å². The molecule has 1 atom stereocenters. The molecule has 4 aromatic rings. The molecular formula is C30H31NO3. The van der Waals surface area contributed by atoms with Gasteiger partial charge in [0.2, 0.25) is 0 Å². The van der Waals surface area contributed by atoms with Gasteiger partial charge in [-0.15, -0.1) is 0 Å². The minimum absolute atomic E-state index is 0.153. The van der Waals surface area contributed by atoms with Crippen LogP contribution in [0, 0.1) is 5.92 Å². The van der Waals surface area contributed by atoms with Crippen molar-refractivity contribution in [1.82, 2.24) is 4.57 Å². The maximum absolute atomic E-state index is 13.5. The number of fused-ring (bicyclic) bond motifs is 4. The highest BCUT2D eigenvalue weighted by Gasteiger charge is 2.33. The van der Waals surface area contributed by atoms with Crippen LogP contribution in [-0.4, -0.2) is 23.4 Å². The Labute approximate surface area is 200 Å². The average Bonchev–Trinajstić information content (AvgIpc) is 3.18. The fourth-order valence-corrected chi connectivity index (χ4v) is 5.62. The number of methoxy groups -OCH3 is 1. The zero-order valence-corrected chi connectivity index (χ0v) is 20.0. The molecule has 174 valence electrons. The molecule has 4 nitrogen and oxygen atoms in total. The SMILES string of the molecule is CCCCCC1CC(=O)c2c(n(Cc3cccc4ccccc34)c3cccc(C(=O)OC)c23)C1. The summed E-state index contributed by atoms with van der Waals surface area (Å²) in [6.07, 6.45) is 6.02. The van der Waals surface area contributed by atoms with E-state index in [1.807, 2.05) is 12.1 Å². The van der Waals surface area contributed by atoms with E-state index in [1.165, 1.54) is 36.3 Å². The number of ether oxygens (including phenoxy) is 1. The van der Waals surface area contributed by atoms with E-state index >= 15 is 0 Å². The summed E-state index contributed by atoms with van der Waals surface area (Å²) < 4.78 is 7.36. The van der Waals surface area contributed by atoms with Crippen LogP contribution in [0.1, 0.15) is 71.0 Å². The molecule has 1 aromatic heterocycles. The predicted octanol–water partition coefficient (Wildman–Crippen LogP) is 6.95. The Morgan fingerprint density at radius 2 is 1.79 bits per heavy atom. The van der Waals surface area contributed by atoms with Gasteiger partial charge < -0.3 is 9.30 Å². The number of nitrogens with zero attached hydrogens (tertiary/aromatic N) is 1. The molecule has 4 heteroatoms. The van der Waals surface area contributed by atoms with Crippen LogP contribution in [0.2, 0.25) is 0 Å². The van der Waals surface area contributed by atoms with E-state index in [2.05, 4.69) is 54.0 Å². The third kappa shape index (κ3) is 3.91. The number of Topliss-reactive ketones (excluding diaryl/α,β-unsaturated/α-hetero) is 1. The van der Waals surface area contributed by atoms with Crippen LogP contribution in [-0.2, 0) is 17.7 Å². The number of carbonyl (C=O) groups excluding carboxylic acids is 2. The van der Waals surface area contributed by atoms with E-state index in [4.69, 9.17) is 4.74 Å². The molecule has 0 fully saturated rings. The van der Waals surface area contributed by atoms with Crippen molar-refractivity contribution < 1.29 is 14.3 Å². The molecule has 0 bridgehead atoms. The van der Waals surface area contributed by atoms with Gasteiger partial charge in [-0.05, 0) is 47.2 Å². The number of hydrogen-bond acceptors (Lipinski definition) is 3. The number of ketones is 1. The first-order valence-corrected chi connectivity index (χ1v) is 12.3. The van der Waals surface area contributed by atoms with Crippen molar-refractivity contribution in [3.05, 3.63) is 83.0 Å². The largest absolute Gasteiger partial charge is 0.465 e. The van der Waals surface area contributed by atoms with Crippen LogP contribution in [0.25, 0.3) is 21.7 Å². The van der Waals surface area contributed by atoms with Crippen molar-refractivity contribution in [2.24, 2.45) is 5.92 Å². The maximum atomic E-state index is 13.5. The molecule has 0 saturated carbocycles. The van der Waals surface area contributed by atoms with Crippen LogP contribution in [0.4, 0.5) is 0 Å². The van der Waals surface area contributed by atoms with Crippen molar-refractivity contribution in [3.63, 3.8) is 0 Å². The monoisotopic (exact) mass is 453 g/mol. The lowest BCUT2D eigenvalue weighted by Crippen LogP contribution is -2.22. The lowest BCUT2D eigenvalue weighted by Gasteiger charge is -2.24. The van der Waals surface area contributed by atoms with Crippen molar-refractivity contribution in [3.8, 4) is 0 Å². The molecule has 0 N–H and O–H groups in total. The lowest BCUT2D eigenvalue weighted by molar-refractivity contribution is 0.0603. The van der Waals surface area contributed by atoms with E-state index < -0.39 is 5.97 Å². The van der Waals surface area contributed by atoms with Gasteiger partial charge in [0.15, 0.2) is 5.78 Å². The van der Waals surface area contributed by atoms with E-state index in [9.17, 15) is 9.59 Å². The van der Waals surface area contributed by atoms with Gasteiger partial charge in [-0.25, -0.2) is 4.79 Å². The van der Waals surface area contributed by atoms with Crippen LogP contribution in [0.3, 0.4) is 0 Å². The molecule has 5 rings (SSSR count). The summed E-state index contributed by atoms with van der Waals surface area (Å²) >= 11 is 0. The molecule has 0 amide bonds. The quantitative estimate of drug-likeness (QED) is 0.225. The number of benzene rings is 3. The topological polar surface area (TPSA) is 48.3 Å². The molecule has 1 heterocycles. The Kier molecular flexibility index (Phi) is 6.23. The number of aromatic nitrogens is 1. The van der Waals surface area contributed by atoms with E-state index in [-0.39, 0.29) is 5.78 Å². The molecule has 0 saturated heterocycles. The van der Waals surface area contributed by atoms with Crippen LogP contribution < -0.4 is 0 Å². The fourth-order valence-electron chi connectivity index (χ4n) is 5.62. The lowest BCUT2D eigenvalue weighted by atomic mass is 9.82. The van der Waals surface area contributed by atoms with E-state index in [0.29, 0.717) is 24.4 Å². The Hall–Kier alpha value is -3.40. The van der Waals surface area contributed by atoms with Crippen molar-refractivity contribution in [1.29, 1.82) is 0 Å². The Morgan fingerprint density at radius 3 is 2.62 bits per heavy atom. The van der Waals surface area contributed by atoms with E-state index in [1.54, 1.807) is 6.07 Å². The maximum Gasteiger partial charge on any atom is 0.338 e. The summed E-state index contributed by atoms with van der Waals surface area (Å²) in [5.41, 5.74) is 4.41. The first kappa shape index (κ1) is 22.4. The number of esters is 1. The standard InChI is InChI=1S/C30H31NO3/c1-3-4-5-10-20-17-26-29(27(32)18-20)28-24(30(33)34-2)15-9-16-25(28)31(26)19-22-13-8-12-21-11-6-7-14-23(21)22/h6-9,11-16,20H,3-5,10,17-19H2,1-2H3. The highest BCUT2D eigenvalue weighted by molar-refractivity contribution is 6.16. The van der Waals surface area contributed by atoms with E-state index in [0.717, 1.165) is 41.4 Å². The zero-order chi connectivity index (χ0) is 23.7. The second-order valence-electron chi connectivity index (χ2n) is 9.43. The van der Waals surface area contributed by atoms with Crippen LogP contribution in [0.5, 0.6) is 0 Å². The summed E-state index contributed by atoms with van der Waals surface area (Å²) in [6, 6.07) is 20.5. The molecule has 1 aliphatic carbocycles. The normalized spacial score (nSPS) is 15.6. The van der Waals surface area contributed by atoms with Gasteiger partial charge in [-0.1, -0.05) is 74.7 Å². The van der Waals surface area contributed by atoms with Crippen molar-refractivity contribution in [2.45, 2.75) is 52.0 Å². The number of rotatable bonds is 7. The minimum atomic E-state index is -0.395. The summed E-state index contributed by atoms with van der Waals surface area (Å²) in [7, 11) is 1.40. The van der Waals surface area contributed by atoms with Gasteiger partial charge in [0, 0.05) is 29.6 Å². The summed E-state index contributed by atoms with van der Waals surface area (Å²) in [4.78, 5) is 26.2. The molecule has 34 heavy (non-hydrogen) atoms. The van der Waals surface area contributed by atoms with Gasteiger partial charge in [-0.3, -0.25) is 4.79 Å². The summed E-state index contributed by atoms with van der Waals surface area (Å²) in [5.74, 6) is 0.109. The third-order valence-corrected chi connectivity index (χ3v) is 7.26. The Morgan fingerprint density at radius 1 is 1.00 bits per heavy atom. The molecule has 1 unspecified atom stereocenters. The van der Waals surface area contributed by atoms with Gasteiger partial charge in [0.1, 0.15) is 0 Å². The molecule has 3 aromatic carbocycles. The van der Waals surface area contributed by atoms with Crippen molar-refractivity contribution in [2.75, 3.05) is 7.11 Å². The second kappa shape index (κ2) is 9.46. The summed E-state index contributed by atoms with van der Waals surface area (Å²) in [6.45, 7) is 2.87. The highest BCUT2D eigenvalue weighted by atomic mass is 16.5. The third-order valence-electron chi connectivity index (χ3n) is 7.26. The smallest absolute Gasteiger partial charge is 0.338 e. The second-order valence-corrected chi connectivity index (χ2v) is 9.43. The highest BCUT2D eigenvalue weighted by Crippen LogP contribution is 2.38. The number of carbonyl (C=O) groups is 2. The van der Waals surface area contributed by atoms with Gasteiger partial charge in [-0.2, -0.15) is 0 Å². The van der Waals surface area contributed by atoms with Crippen LogP contribution in [0.15, 0.2) is 60.7 Å². The number of hydrogen-bond donors (Lipinski definition) is 0. The first-order chi connectivity index (χ1) is 16.6. The molecular weight excluding hydrogens is 422 g/mol. The van der Waals surface area contributed by atoms with Gasteiger partial charge in [0.05, 0.1) is 18.2 Å². The molecule has 1 aliphatic rings. The molecule has 0 radical (unpaired) electrons. The number of unbranched alkanes of at least 4 members (excludes halogenated alkanes) is 2. The molecule has 0 aliphatic heterocycles. The summed E-state index contributed by atoms with van der Waals surface area (Å²) in [5, 5.41) is 3.17. The Balaban J connectivity index is 1.68. The zero-order valence-electron chi connectivity index (χ0n) is 20.0.